The molecule has 0 bridgehead atoms. The van der Waals surface area contributed by atoms with Gasteiger partial charge in [0.2, 0.25) is 12.5 Å². The van der Waals surface area contributed by atoms with Crippen molar-refractivity contribution < 1.29 is 48.9 Å². The Hall–Kier alpha value is -2.01. The molecule has 1 aromatic heterocycles. The molecule has 1 unspecified atom stereocenters. The summed E-state index contributed by atoms with van der Waals surface area (Å²) in [6.45, 7) is 0.709. The van der Waals surface area contributed by atoms with Gasteiger partial charge in [0, 0.05) is 17.7 Å². The Morgan fingerprint density at radius 3 is 2.76 bits per heavy atom. The Bertz CT molecular complexity index is 1360. The number of likely N-dealkylation sites (N-methyl/N-ethyl adjacent to an activating group) is 1. The van der Waals surface area contributed by atoms with Crippen LogP contribution in [0.2, 0.25) is 5.02 Å². The number of ether oxygens (including phenoxy) is 3. The first-order valence-corrected chi connectivity index (χ1v) is 10.7. The molecular weight excluding hydrogens is 477 g/mol. The number of nitrogens with one attached hydrogen (secondary N) is 1. The molecule has 2 aliphatic heterocycles. The monoisotopic (exact) mass is 495 g/mol. The van der Waals surface area contributed by atoms with E-state index in [0.29, 0.717) is 46.5 Å². The number of methoxy groups -OCH3 is 1. The number of hydrogen-bond donors (Lipinski definition) is 1. The minimum absolute atomic E-state index is 0. The van der Waals surface area contributed by atoms with E-state index in [1.54, 1.807) is 24.3 Å². The van der Waals surface area contributed by atoms with Gasteiger partial charge < -0.3 is 24.3 Å². The molecule has 2 aromatic carbocycles. The smallest absolute Gasteiger partial charge is 0.860 e. The van der Waals surface area contributed by atoms with Gasteiger partial charge in [0.25, 0.3) is 5.56 Å². The first kappa shape index (κ1) is 24.1. The fourth-order valence-corrected chi connectivity index (χ4v) is 4.91. The third-order valence-corrected chi connectivity index (χ3v) is 6.47. The van der Waals surface area contributed by atoms with Gasteiger partial charge in [0.15, 0.2) is 16.3 Å². The van der Waals surface area contributed by atoms with Gasteiger partial charge in [-0.2, -0.15) is 0 Å². The summed E-state index contributed by atoms with van der Waals surface area (Å²) in [5.74, 6) is 0.964. The van der Waals surface area contributed by atoms with Crippen LogP contribution in [0, 0.1) is 4.77 Å². The Labute approximate surface area is 222 Å². The third-order valence-electron chi connectivity index (χ3n) is 5.86. The van der Waals surface area contributed by atoms with Crippen LogP contribution in [-0.4, -0.2) is 41.9 Å². The molecule has 0 fully saturated rings. The molecule has 1 atom stereocenters. The zero-order valence-corrected chi connectivity index (χ0v) is 21.9. The van der Waals surface area contributed by atoms with Gasteiger partial charge in [0.05, 0.1) is 23.9 Å². The molecule has 0 amide bonds. The van der Waals surface area contributed by atoms with Crippen molar-refractivity contribution in [3.05, 3.63) is 67.2 Å². The van der Waals surface area contributed by atoms with E-state index in [2.05, 4.69) is 4.98 Å². The quantitative estimate of drug-likeness (QED) is 0.402. The SMILES string of the molecule is COc1c2c(cc3c1C(c1c([O-])[nH]c(=S)n(-c4ccccc4Cl)c1=O)N(C)CC3)OCO2.[Na+]. The fourth-order valence-electron chi connectivity index (χ4n) is 4.42. The van der Waals surface area contributed by atoms with Crippen molar-refractivity contribution >= 4 is 23.8 Å². The number of nitrogens with zero attached hydrogens (tertiary/aromatic N) is 2. The molecule has 0 radical (unpaired) electrons. The number of rotatable bonds is 3. The summed E-state index contributed by atoms with van der Waals surface area (Å²) in [5, 5.41) is 13.5. The van der Waals surface area contributed by atoms with E-state index in [-0.39, 0.29) is 46.7 Å². The minimum atomic E-state index is -0.677. The van der Waals surface area contributed by atoms with Crippen molar-refractivity contribution in [1.82, 2.24) is 14.5 Å². The van der Waals surface area contributed by atoms with Gasteiger partial charge in [-0.15, -0.1) is 0 Å². The molecule has 0 aliphatic carbocycles. The second kappa shape index (κ2) is 9.32. The maximum atomic E-state index is 13.7. The summed E-state index contributed by atoms with van der Waals surface area (Å²) in [5.41, 5.74) is 1.53. The van der Waals surface area contributed by atoms with Crippen LogP contribution in [0.1, 0.15) is 22.7 Å². The van der Waals surface area contributed by atoms with Gasteiger partial charge in [-0.1, -0.05) is 23.7 Å². The minimum Gasteiger partial charge on any atom is -0.860 e. The zero-order chi connectivity index (χ0) is 22.6. The first-order valence-electron chi connectivity index (χ1n) is 9.93. The van der Waals surface area contributed by atoms with Crippen LogP contribution in [0.25, 0.3) is 5.69 Å². The van der Waals surface area contributed by atoms with Crippen LogP contribution in [0.3, 0.4) is 0 Å². The summed E-state index contributed by atoms with van der Waals surface area (Å²) in [4.78, 5) is 18.3. The van der Waals surface area contributed by atoms with Crippen molar-refractivity contribution in [2.24, 2.45) is 0 Å². The molecule has 2 aliphatic rings. The summed E-state index contributed by atoms with van der Waals surface area (Å²) in [7, 11) is 3.39. The largest absolute Gasteiger partial charge is 1.00 e. The molecule has 166 valence electrons. The van der Waals surface area contributed by atoms with Gasteiger partial charge in [-0.3, -0.25) is 14.3 Å². The van der Waals surface area contributed by atoms with Crippen molar-refractivity contribution in [1.29, 1.82) is 0 Å². The topological polar surface area (TPSA) is 91.8 Å². The zero-order valence-electron chi connectivity index (χ0n) is 18.3. The number of hydrogen-bond acceptors (Lipinski definition) is 7. The van der Waals surface area contributed by atoms with Gasteiger partial charge in [0.1, 0.15) is 0 Å². The van der Waals surface area contributed by atoms with E-state index in [0.717, 1.165) is 5.56 Å². The predicted molar refractivity (Wildman–Crippen MR) is 119 cm³/mol. The number of benzene rings is 2. The third kappa shape index (κ3) is 3.86. The van der Waals surface area contributed by atoms with Crippen LogP contribution in [-0.2, 0) is 6.42 Å². The Morgan fingerprint density at radius 2 is 2.03 bits per heavy atom. The Kier molecular flexibility index (Phi) is 6.82. The second-order valence-corrected chi connectivity index (χ2v) is 8.41. The average Bonchev–Trinajstić information content (AvgIpc) is 3.23. The standard InChI is InChI=1S/C22H20ClN3O5S.Na/c1-25-8-7-11-9-14-18(31-10-30-14)19(29-2)15(11)17(25)16-20(27)24-22(32)26(21(16)28)13-6-4-3-5-12(13)23;/h3-6,9,17,27H,7-8,10H2,1-2H3,(H,24,32);/q;+1/p-1. The Morgan fingerprint density at radius 1 is 1.27 bits per heavy atom. The normalized spacial score (nSPS) is 16.8. The van der Waals surface area contributed by atoms with Gasteiger partial charge >= 0.3 is 29.6 Å². The molecule has 3 heterocycles. The molecule has 3 aromatic rings. The van der Waals surface area contributed by atoms with E-state index in [1.165, 1.54) is 11.7 Å². The number of aromatic nitrogens is 2. The Balaban J connectivity index is 0.00000259. The molecule has 1 N–H and O–H groups in total. The van der Waals surface area contributed by atoms with E-state index in [9.17, 15) is 9.90 Å². The van der Waals surface area contributed by atoms with Crippen molar-refractivity contribution in [3.8, 4) is 28.8 Å². The average molecular weight is 496 g/mol. The van der Waals surface area contributed by atoms with Crippen LogP contribution < -0.4 is 54.4 Å². The molecule has 0 saturated carbocycles. The van der Waals surface area contributed by atoms with E-state index >= 15 is 0 Å². The molecule has 8 nitrogen and oxygen atoms in total. The number of halogens is 1. The van der Waals surface area contributed by atoms with Crippen LogP contribution in [0.5, 0.6) is 23.1 Å². The van der Waals surface area contributed by atoms with Gasteiger partial charge in [-0.05, 0) is 55.3 Å². The molecule has 11 heteroatoms. The van der Waals surface area contributed by atoms with Crippen LogP contribution in [0.4, 0.5) is 0 Å². The predicted octanol–water partition coefficient (Wildman–Crippen LogP) is -0.0593. The number of aromatic amines is 1. The summed E-state index contributed by atoms with van der Waals surface area (Å²) < 4.78 is 18.1. The molecule has 5 rings (SSSR count). The maximum absolute atomic E-state index is 13.7. The number of fused-ring (bicyclic) bond motifs is 2. The van der Waals surface area contributed by atoms with Crippen LogP contribution >= 0.6 is 23.8 Å². The summed E-state index contributed by atoms with van der Waals surface area (Å²) in [6, 6.07) is 8.06. The van der Waals surface area contributed by atoms with Crippen LogP contribution in [0.15, 0.2) is 35.1 Å². The fraction of sp³-hybridized carbons (Fsp3) is 0.273. The van der Waals surface area contributed by atoms with Crippen molar-refractivity contribution in [2.75, 3.05) is 27.5 Å². The molecule has 0 spiro atoms. The summed E-state index contributed by atoms with van der Waals surface area (Å²) in [6.07, 6.45) is 0.699. The van der Waals surface area contributed by atoms with Gasteiger partial charge in [-0.25, -0.2) is 0 Å². The van der Waals surface area contributed by atoms with Crippen molar-refractivity contribution in [2.45, 2.75) is 12.5 Å². The molecule has 0 saturated heterocycles. The van der Waals surface area contributed by atoms with E-state index in [1.807, 2.05) is 18.0 Å². The maximum Gasteiger partial charge on any atom is 1.00 e. The van der Waals surface area contributed by atoms with Crippen molar-refractivity contribution in [3.63, 3.8) is 0 Å². The summed E-state index contributed by atoms with van der Waals surface area (Å²) >= 11 is 11.7. The second-order valence-electron chi connectivity index (χ2n) is 7.61. The number of para-hydroxylation sites is 1. The molecular formula is C22H19ClN3NaO5S. The van der Waals surface area contributed by atoms with E-state index < -0.39 is 17.5 Å². The van der Waals surface area contributed by atoms with E-state index in [4.69, 9.17) is 38.0 Å². The molecule has 33 heavy (non-hydrogen) atoms. The first-order chi connectivity index (χ1) is 15.4. The number of H-pyrrole nitrogens is 1.